The van der Waals surface area contributed by atoms with Crippen molar-refractivity contribution < 1.29 is 28.9 Å². The molecule has 0 saturated carbocycles. The van der Waals surface area contributed by atoms with Crippen molar-refractivity contribution in [2.24, 2.45) is 0 Å². The Morgan fingerprint density at radius 2 is 1.79 bits per heavy atom. The van der Waals surface area contributed by atoms with Crippen molar-refractivity contribution >= 4 is 23.3 Å². The number of ether oxygens (including phenoxy) is 3. The molecule has 0 bridgehead atoms. The van der Waals surface area contributed by atoms with Crippen LogP contribution < -0.4 is 24.8 Å². The van der Waals surface area contributed by atoms with Gasteiger partial charge in [0.25, 0.3) is 0 Å². The van der Waals surface area contributed by atoms with Crippen molar-refractivity contribution in [3.8, 4) is 39.1 Å². The Labute approximate surface area is 201 Å². The summed E-state index contributed by atoms with van der Waals surface area (Å²) < 4.78 is 16.7. The second-order valence-corrected chi connectivity index (χ2v) is 7.88. The number of nitrogens with zero attached hydrogens (tertiary/aromatic N) is 1. The Balaban J connectivity index is 2.01. The fourth-order valence-corrected chi connectivity index (χ4v) is 4.18. The molecule has 0 spiro atoms. The highest BCUT2D eigenvalue weighted by molar-refractivity contribution is 7.13. The van der Waals surface area contributed by atoms with Crippen LogP contribution in [0.25, 0.3) is 21.8 Å². The Morgan fingerprint density at radius 1 is 1.06 bits per heavy atom. The zero-order chi connectivity index (χ0) is 24.7. The van der Waals surface area contributed by atoms with Crippen LogP contribution in [-0.2, 0) is 6.54 Å². The lowest BCUT2D eigenvalue weighted by molar-refractivity contribution is 0.0693. The first-order valence-corrected chi connectivity index (χ1v) is 11.5. The Morgan fingerprint density at radius 3 is 2.44 bits per heavy atom. The van der Waals surface area contributed by atoms with E-state index in [0.29, 0.717) is 41.5 Å². The second kappa shape index (κ2) is 11.4. The molecule has 2 amide bonds. The van der Waals surface area contributed by atoms with Crippen LogP contribution in [0.3, 0.4) is 0 Å². The number of hydrogen-bond donors (Lipinski definition) is 3. The van der Waals surface area contributed by atoms with Gasteiger partial charge in [-0.25, -0.2) is 14.6 Å². The average molecular weight is 486 g/mol. The molecular formula is C24H27N3O6S. The van der Waals surface area contributed by atoms with Crippen molar-refractivity contribution in [1.82, 2.24) is 15.6 Å². The van der Waals surface area contributed by atoms with Gasteiger partial charge in [0.05, 0.1) is 26.0 Å². The highest BCUT2D eigenvalue weighted by atomic mass is 32.1. The number of nitrogens with one attached hydrogen (secondary N) is 2. The minimum absolute atomic E-state index is 0.0112. The van der Waals surface area contributed by atoms with Crippen molar-refractivity contribution in [2.45, 2.75) is 20.4 Å². The maximum atomic E-state index is 11.9. The van der Waals surface area contributed by atoms with Crippen molar-refractivity contribution in [3.05, 3.63) is 46.8 Å². The minimum Gasteiger partial charge on any atom is -0.495 e. The first-order chi connectivity index (χ1) is 16.4. The van der Waals surface area contributed by atoms with Crippen LogP contribution in [0, 0.1) is 0 Å². The second-order valence-electron chi connectivity index (χ2n) is 7.02. The third-order valence-electron chi connectivity index (χ3n) is 4.86. The number of methoxy groups -OCH3 is 1. The van der Waals surface area contributed by atoms with Gasteiger partial charge < -0.3 is 30.0 Å². The molecular weight excluding hydrogens is 458 g/mol. The van der Waals surface area contributed by atoms with E-state index in [9.17, 15) is 14.7 Å². The fraction of sp³-hybridized carbons (Fsp3) is 0.292. The van der Waals surface area contributed by atoms with Crippen LogP contribution in [0.1, 0.15) is 29.8 Å². The van der Waals surface area contributed by atoms with E-state index in [4.69, 9.17) is 19.2 Å². The van der Waals surface area contributed by atoms with Gasteiger partial charge in [-0.3, -0.25) is 0 Å². The number of rotatable bonds is 10. The Bertz CT molecular complexity index is 1180. The minimum atomic E-state index is -1.14. The first-order valence-electron chi connectivity index (χ1n) is 10.7. The maximum Gasteiger partial charge on any atom is 0.339 e. The molecule has 0 radical (unpaired) electrons. The smallest absolute Gasteiger partial charge is 0.339 e. The molecule has 2 aromatic carbocycles. The lowest BCUT2D eigenvalue weighted by Gasteiger charge is -2.14. The molecule has 0 unspecified atom stereocenters. The summed E-state index contributed by atoms with van der Waals surface area (Å²) in [6.45, 7) is 4.94. The van der Waals surface area contributed by atoms with Crippen LogP contribution in [0.5, 0.6) is 17.2 Å². The number of carbonyl (C=O) groups excluding carboxylic acids is 1. The lowest BCUT2D eigenvalue weighted by Crippen LogP contribution is -2.32. The summed E-state index contributed by atoms with van der Waals surface area (Å²) in [7, 11) is 2.90. The molecule has 9 nitrogen and oxygen atoms in total. The number of thiazole rings is 1. The number of aromatic carboxylic acids is 1. The number of amides is 2. The van der Waals surface area contributed by atoms with Crippen LogP contribution >= 0.6 is 11.3 Å². The SMILES string of the molecule is CCOc1ccc(-c2nc(-c3cc(CNC(=O)NC)c(OC)c(C(=O)O)c3)cs2)cc1OCC. The fourth-order valence-electron chi connectivity index (χ4n) is 3.36. The summed E-state index contributed by atoms with van der Waals surface area (Å²) in [6, 6.07) is 8.54. The summed E-state index contributed by atoms with van der Waals surface area (Å²) in [5.41, 5.74) is 2.58. The lowest BCUT2D eigenvalue weighted by atomic mass is 10.0. The monoisotopic (exact) mass is 485 g/mol. The number of carbonyl (C=O) groups is 2. The van der Waals surface area contributed by atoms with E-state index < -0.39 is 5.97 Å². The molecule has 0 aliphatic carbocycles. The van der Waals surface area contributed by atoms with Gasteiger partial charge in [-0.05, 0) is 44.2 Å². The van der Waals surface area contributed by atoms with Crippen LogP contribution in [0.15, 0.2) is 35.7 Å². The molecule has 0 aliphatic rings. The number of carboxylic acid groups (broad SMARTS) is 1. The standard InChI is InChI=1S/C24H27N3O6S/c1-5-32-19-8-7-14(11-20(19)33-6-2)22-27-18(13-34-22)15-9-16(12-26-24(30)25-3)21(31-4)17(10-15)23(28)29/h7-11,13H,5-6,12H2,1-4H3,(H,28,29)(H2,25,26,30). The highest BCUT2D eigenvalue weighted by Gasteiger charge is 2.20. The van der Waals surface area contributed by atoms with Gasteiger partial charge >= 0.3 is 12.0 Å². The maximum absolute atomic E-state index is 11.9. The Hall–Kier alpha value is -3.79. The molecule has 0 saturated heterocycles. The van der Waals surface area contributed by atoms with Gasteiger partial charge in [-0.2, -0.15) is 0 Å². The molecule has 10 heteroatoms. The van der Waals surface area contributed by atoms with E-state index in [1.807, 2.05) is 37.4 Å². The van der Waals surface area contributed by atoms with Crippen molar-refractivity contribution in [3.63, 3.8) is 0 Å². The largest absolute Gasteiger partial charge is 0.495 e. The predicted octanol–water partition coefficient (Wildman–Crippen LogP) is 4.41. The molecule has 1 aromatic heterocycles. The van der Waals surface area contributed by atoms with Gasteiger partial charge in [0.15, 0.2) is 11.5 Å². The molecule has 3 N–H and O–H groups in total. The molecule has 3 rings (SSSR count). The molecule has 0 aliphatic heterocycles. The van der Waals surface area contributed by atoms with Gasteiger partial charge in [-0.15, -0.1) is 11.3 Å². The number of hydrogen-bond acceptors (Lipinski definition) is 7. The number of urea groups is 1. The number of carboxylic acids is 1. The summed E-state index contributed by atoms with van der Waals surface area (Å²) in [5, 5.41) is 17.5. The molecule has 180 valence electrons. The van der Waals surface area contributed by atoms with Gasteiger partial charge in [0.1, 0.15) is 16.3 Å². The topological polar surface area (TPSA) is 119 Å². The predicted molar refractivity (Wildman–Crippen MR) is 130 cm³/mol. The summed E-state index contributed by atoms with van der Waals surface area (Å²) in [6.07, 6.45) is 0. The third-order valence-corrected chi connectivity index (χ3v) is 5.75. The molecule has 3 aromatic rings. The van der Waals surface area contributed by atoms with Crippen molar-refractivity contribution in [2.75, 3.05) is 27.4 Å². The average Bonchev–Trinajstić information content (AvgIpc) is 3.33. The van der Waals surface area contributed by atoms with Crippen molar-refractivity contribution in [1.29, 1.82) is 0 Å². The van der Waals surface area contributed by atoms with E-state index >= 15 is 0 Å². The van der Waals surface area contributed by atoms with Crippen LogP contribution in [0.4, 0.5) is 4.79 Å². The summed E-state index contributed by atoms with van der Waals surface area (Å²) in [4.78, 5) is 28.3. The van der Waals surface area contributed by atoms with E-state index in [0.717, 1.165) is 10.6 Å². The first kappa shape index (κ1) is 24.8. The number of benzene rings is 2. The Kier molecular flexibility index (Phi) is 8.31. The quantitative estimate of drug-likeness (QED) is 0.389. The summed E-state index contributed by atoms with van der Waals surface area (Å²) >= 11 is 1.43. The normalized spacial score (nSPS) is 10.5. The summed E-state index contributed by atoms with van der Waals surface area (Å²) in [5.74, 6) is 0.359. The van der Waals surface area contributed by atoms with E-state index in [-0.39, 0.29) is 23.9 Å². The van der Waals surface area contributed by atoms with Crippen LogP contribution in [-0.4, -0.2) is 49.5 Å². The van der Waals surface area contributed by atoms with Crippen LogP contribution in [0.2, 0.25) is 0 Å². The van der Waals surface area contributed by atoms with E-state index in [2.05, 4.69) is 10.6 Å². The zero-order valence-electron chi connectivity index (χ0n) is 19.4. The third kappa shape index (κ3) is 5.57. The molecule has 0 fully saturated rings. The van der Waals surface area contributed by atoms with Gasteiger partial charge in [-0.1, -0.05) is 0 Å². The molecule has 34 heavy (non-hydrogen) atoms. The van der Waals surface area contributed by atoms with Gasteiger partial charge in [0.2, 0.25) is 0 Å². The molecule has 0 atom stereocenters. The van der Waals surface area contributed by atoms with E-state index in [1.165, 1.54) is 31.6 Å². The zero-order valence-corrected chi connectivity index (χ0v) is 20.2. The highest BCUT2D eigenvalue weighted by Crippen LogP contribution is 2.37. The van der Waals surface area contributed by atoms with E-state index in [1.54, 1.807) is 6.07 Å². The number of aromatic nitrogens is 1. The van der Waals surface area contributed by atoms with Gasteiger partial charge in [0, 0.05) is 35.7 Å². The molecule has 1 heterocycles.